The van der Waals surface area contributed by atoms with Crippen LogP contribution >= 0.6 is 0 Å². The van der Waals surface area contributed by atoms with E-state index in [1.807, 2.05) is 106 Å². The van der Waals surface area contributed by atoms with Gasteiger partial charge in [-0.05, 0) is 89.6 Å². The van der Waals surface area contributed by atoms with Gasteiger partial charge in [-0.25, -0.2) is 4.79 Å². The van der Waals surface area contributed by atoms with Gasteiger partial charge >= 0.3 is 6.09 Å². The minimum atomic E-state index is -1.24. The first-order chi connectivity index (χ1) is 24.0. The van der Waals surface area contributed by atoms with Gasteiger partial charge in [-0.2, -0.15) is 0 Å². The summed E-state index contributed by atoms with van der Waals surface area (Å²) in [5.41, 5.74) is 1.49. The first-order valence-corrected chi connectivity index (χ1v) is 17.4. The van der Waals surface area contributed by atoms with Gasteiger partial charge in [0.1, 0.15) is 23.0 Å². The Morgan fingerprint density at radius 3 is 1.78 bits per heavy atom. The number of likely N-dealkylation sites (N-methyl/N-ethyl adjacent to an activating group) is 1. The van der Waals surface area contributed by atoms with E-state index in [-0.39, 0.29) is 30.8 Å². The zero-order valence-electron chi connectivity index (χ0n) is 30.9. The number of benzene rings is 3. The Labute approximate surface area is 302 Å². The topological polar surface area (TPSA) is 146 Å². The third-order valence-electron chi connectivity index (χ3n) is 7.89. The quantitative estimate of drug-likeness (QED) is 0.128. The van der Waals surface area contributed by atoms with Crippen LogP contribution in [-0.4, -0.2) is 70.7 Å². The number of amides is 3. The summed E-state index contributed by atoms with van der Waals surface area (Å²) >= 11 is 0. The van der Waals surface area contributed by atoms with Crippen LogP contribution in [0, 0.1) is 5.92 Å². The van der Waals surface area contributed by atoms with Crippen LogP contribution in [-0.2, 0) is 33.6 Å². The fourth-order valence-corrected chi connectivity index (χ4v) is 5.45. The highest BCUT2D eigenvalue weighted by molar-refractivity contribution is 5.89. The van der Waals surface area contributed by atoms with Crippen LogP contribution in [0.4, 0.5) is 4.79 Å². The molecule has 10 heteroatoms. The highest BCUT2D eigenvalue weighted by Crippen LogP contribution is 2.21. The molecule has 0 aliphatic heterocycles. The standard InChI is InChI=1S/C41H55N3O7/c1-40(2,3)50-31-23-21-30(22-24-31)26-33(44-39(49)51-41(4,5)6)36(46)20-14-19-35(45)32(25-28-15-10-8-11-16-28)37(47)43-34(38(48)42-7)27-29-17-12-9-13-18-29/h8-19,21-24,32-36,45-46H,20,25-27H2,1-7H3,(H,42,48)(H,43,47)(H,44,49)/t32-,33+,34+,35+,36+/m1/s1. The van der Waals surface area contributed by atoms with Crippen molar-refractivity contribution in [1.82, 2.24) is 16.0 Å². The first-order valence-electron chi connectivity index (χ1n) is 17.4. The van der Waals surface area contributed by atoms with Crippen molar-refractivity contribution in [1.29, 1.82) is 0 Å². The maximum Gasteiger partial charge on any atom is 0.407 e. The number of nitrogens with one attached hydrogen (secondary N) is 3. The molecule has 3 rings (SSSR count). The molecule has 0 saturated carbocycles. The lowest BCUT2D eigenvalue weighted by atomic mass is 9.91. The van der Waals surface area contributed by atoms with Crippen LogP contribution < -0.4 is 20.7 Å². The number of carbonyl (C=O) groups excluding carboxylic acids is 3. The third-order valence-corrected chi connectivity index (χ3v) is 7.89. The van der Waals surface area contributed by atoms with Crippen molar-refractivity contribution in [3.05, 3.63) is 114 Å². The third kappa shape index (κ3) is 15.0. The van der Waals surface area contributed by atoms with Gasteiger partial charge in [-0.15, -0.1) is 0 Å². The van der Waals surface area contributed by atoms with Gasteiger partial charge in [-0.1, -0.05) is 84.9 Å². The van der Waals surface area contributed by atoms with Gasteiger partial charge in [0.05, 0.1) is 24.2 Å². The smallest absolute Gasteiger partial charge is 0.407 e. The lowest BCUT2D eigenvalue weighted by molar-refractivity contribution is -0.132. The molecule has 0 unspecified atom stereocenters. The van der Waals surface area contributed by atoms with Crippen LogP contribution in [0.25, 0.3) is 0 Å². The number of carbonyl (C=O) groups is 3. The Bertz CT molecular complexity index is 1550. The molecule has 10 nitrogen and oxygen atoms in total. The molecular formula is C41H55N3O7. The van der Waals surface area contributed by atoms with E-state index in [1.165, 1.54) is 13.1 Å². The lowest BCUT2D eigenvalue weighted by Gasteiger charge is -2.27. The first kappa shape index (κ1) is 40.8. The Kier molecular flexibility index (Phi) is 15.2. The number of alkyl carbamates (subject to hydrolysis) is 1. The van der Waals surface area contributed by atoms with Gasteiger partial charge in [-0.3, -0.25) is 9.59 Å². The van der Waals surface area contributed by atoms with Gasteiger partial charge < -0.3 is 35.6 Å². The number of aliphatic hydroxyl groups is 2. The molecule has 0 aromatic heterocycles. The highest BCUT2D eigenvalue weighted by Gasteiger charge is 2.30. The zero-order chi connectivity index (χ0) is 37.6. The normalized spacial score (nSPS) is 14.8. The Morgan fingerprint density at radius 2 is 1.25 bits per heavy atom. The van der Waals surface area contributed by atoms with Crippen molar-refractivity contribution >= 4 is 17.9 Å². The molecule has 51 heavy (non-hydrogen) atoms. The Hall–Kier alpha value is -4.67. The number of aliphatic hydroxyl groups excluding tert-OH is 2. The van der Waals surface area contributed by atoms with Gasteiger partial charge in [0.25, 0.3) is 0 Å². The fourth-order valence-electron chi connectivity index (χ4n) is 5.45. The van der Waals surface area contributed by atoms with Gasteiger partial charge in [0, 0.05) is 13.5 Å². The minimum absolute atomic E-state index is 0.0668. The number of ether oxygens (including phenoxy) is 2. The van der Waals surface area contributed by atoms with Gasteiger partial charge in [0.15, 0.2) is 0 Å². The molecule has 276 valence electrons. The predicted molar refractivity (Wildman–Crippen MR) is 199 cm³/mol. The summed E-state index contributed by atoms with van der Waals surface area (Å²) in [6.07, 6.45) is 0.972. The molecule has 0 fully saturated rings. The average molecular weight is 702 g/mol. The van der Waals surface area contributed by atoms with Crippen molar-refractivity contribution in [3.8, 4) is 5.75 Å². The summed E-state index contributed by atoms with van der Waals surface area (Å²) in [5, 5.41) is 31.0. The molecule has 3 aromatic rings. The summed E-state index contributed by atoms with van der Waals surface area (Å²) < 4.78 is 11.4. The van der Waals surface area contributed by atoms with E-state index in [9.17, 15) is 24.6 Å². The van der Waals surface area contributed by atoms with Crippen molar-refractivity contribution in [2.24, 2.45) is 5.92 Å². The molecule has 0 aliphatic rings. The summed E-state index contributed by atoms with van der Waals surface area (Å²) in [6, 6.07) is 24.6. The molecule has 0 spiro atoms. The van der Waals surface area contributed by atoms with E-state index in [0.717, 1.165) is 16.7 Å². The maximum atomic E-state index is 13.7. The highest BCUT2D eigenvalue weighted by atomic mass is 16.6. The Morgan fingerprint density at radius 1 is 0.706 bits per heavy atom. The van der Waals surface area contributed by atoms with E-state index in [2.05, 4.69) is 16.0 Å². The van der Waals surface area contributed by atoms with Crippen molar-refractivity contribution < 1.29 is 34.1 Å². The SMILES string of the molecule is CNC(=O)[C@H](Cc1ccccc1)NC(=O)[C@H](Cc1ccccc1)[C@@H](O)C=CC[C@H](O)[C@H](Cc1ccc(OC(C)(C)C)cc1)NC(=O)OC(C)(C)C. The molecule has 0 saturated heterocycles. The summed E-state index contributed by atoms with van der Waals surface area (Å²) in [4.78, 5) is 39.3. The predicted octanol–water partition coefficient (Wildman–Crippen LogP) is 5.30. The number of rotatable bonds is 16. The van der Waals surface area contributed by atoms with Crippen LogP contribution in [0.3, 0.4) is 0 Å². The average Bonchev–Trinajstić information content (AvgIpc) is 3.06. The van der Waals surface area contributed by atoms with Crippen molar-refractivity contribution in [2.45, 2.75) is 103 Å². The molecule has 3 aromatic carbocycles. The second-order valence-corrected chi connectivity index (χ2v) is 14.7. The molecule has 5 atom stereocenters. The van der Waals surface area contributed by atoms with Crippen LogP contribution in [0.5, 0.6) is 5.75 Å². The fraction of sp³-hybridized carbons (Fsp3) is 0.439. The maximum absolute atomic E-state index is 13.7. The second-order valence-electron chi connectivity index (χ2n) is 14.7. The van der Waals surface area contributed by atoms with E-state index in [0.29, 0.717) is 12.2 Å². The summed E-state index contributed by atoms with van der Waals surface area (Å²) in [7, 11) is 1.51. The molecule has 0 radical (unpaired) electrons. The lowest BCUT2D eigenvalue weighted by Crippen LogP contribution is -2.50. The summed E-state index contributed by atoms with van der Waals surface area (Å²) in [5.74, 6) is -1.06. The largest absolute Gasteiger partial charge is 0.488 e. The van der Waals surface area contributed by atoms with Crippen molar-refractivity contribution in [3.63, 3.8) is 0 Å². The molecule has 0 bridgehead atoms. The molecule has 0 heterocycles. The molecule has 3 amide bonds. The van der Waals surface area contributed by atoms with E-state index >= 15 is 0 Å². The summed E-state index contributed by atoms with van der Waals surface area (Å²) in [6.45, 7) is 11.2. The molecule has 5 N–H and O–H groups in total. The van der Waals surface area contributed by atoms with Crippen molar-refractivity contribution in [2.75, 3.05) is 7.05 Å². The minimum Gasteiger partial charge on any atom is -0.488 e. The van der Waals surface area contributed by atoms with Gasteiger partial charge in [0.2, 0.25) is 11.8 Å². The monoisotopic (exact) mass is 701 g/mol. The number of hydrogen-bond acceptors (Lipinski definition) is 7. The van der Waals surface area contributed by atoms with Crippen LogP contribution in [0.15, 0.2) is 97.1 Å². The molecular weight excluding hydrogens is 646 g/mol. The van der Waals surface area contributed by atoms with E-state index in [4.69, 9.17) is 9.47 Å². The van der Waals surface area contributed by atoms with E-state index in [1.54, 1.807) is 26.8 Å². The number of hydrogen-bond donors (Lipinski definition) is 5. The zero-order valence-corrected chi connectivity index (χ0v) is 30.9. The molecule has 0 aliphatic carbocycles. The van der Waals surface area contributed by atoms with Crippen LogP contribution in [0.1, 0.15) is 64.7 Å². The second kappa shape index (κ2) is 19.1. The van der Waals surface area contributed by atoms with Crippen LogP contribution in [0.2, 0.25) is 0 Å². The Balaban J connectivity index is 1.78. The van der Waals surface area contributed by atoms with E-state index < -0.39 is 47.8 Å².